The van der Waals surface area contributed by atoms with Crippen LogP contribution in [0.5, 0.6) is 0 Å². The number of nitrogens with one attached hydrogen (secondary N) is 1. The largest absolute Gasteiger partial charge is 0.398 e. The fourth-order valence-electron chi connectivity index (χ4n) is 1.52. The summed E-state index contributed by atoms with van der Waals surface area (Å²) in [6, 6.07) is 5.03. The van der Waals surface area contributed by atoms with Gasteiger partial charge in [-0.3, -0.25) is 4.79 Å². The summed E-state index contributed by atoms with van der Waals surface area (Å²) in [6.07, 6.45) is 1.03. The van der Waals surface area contributed by atoms with Crippen molar-refractivity contribution in [1.29, 1.82) is 0 Å². The second-order valence-corrected chi connectivity index (χ2v) is 4.82. The molecule has 0 bridgehead atoms. The summed E-state index contributed by atoms with van der Waals surface area (Å²) < 4.78 is 0. The monoisotopic (exact) mass is 254 g/mol. The molecule has 1 rings (SSSR count). The lowest BCUT2D eigenvalue weighted by molar-refractivity contribution is 0.0929. The van der Waals surface area contributed by atoms with E-state index in [0.717, 1.165) is 6.42 Å². The molecular weight excluding hydrogens is 236 g/mol. The maximum atomic E-state index is 12.0. The van der Waals surface area contributed by atoms with Gasteiger partial charge in [0, 0.05) is 16.8 Å². The zero-order valence-electron chi connectivity index (χ0n) is 10.5. The van der Waals surface area contributed by atoms with Gasteiger partial charge in [-0.05, 0) is 31.0 Å². The lowest BCUT2D eigenvalue weighted by Crippen LogP contribution is -2.37. The second kappa shape index (κ2) is 5.92. The molecular formula is C13H19ClN2O. The maximum Gasteiger partial charge on any atom is 0.253 e. The Labute approximate surface area is 107 Å². The van der Waals surface area contributed by atoms with Gasteiger partial charge in [0.1, 0.15) is 0 Å². The number of benzene rings is 1. The molecule has 0 radical (unpaired) electrons. The molecule has 4 heteroatoms. The fourth-order valence-corrected chi connectivity index (χ4v) is 1.70. The van der Waals surface area contributed by atoms with Gasteiger partial charge in [0.15, 0.2) is 0 Å². The Morgan fingerprint density at radius 2 is 2.12 bits per heavy atom. The molecule has 2 unspecified atom stereocenters. The van der Waals surface area contributed by atoms with Crippen LogP contribution in [-0.2, 0) is 0 Å². The molecule has 0 saturated heterocycles. The van der Waals surface area contributed by atoms with E-state index in [4.69, 9.17) is 17.3 Å². The molecule has 94 valence electrons. The molecule has 0 spiro atoms. The third kappa shape index (κ3) is 3.63. The number of nitrogens with two attached hydrogens (primary N) is 1. The van der Waals surface area contributed by atoms with E-state index in [2.05, 4.69) is 19.2 Å². The molecule has 0 heterocycles. The third-order valence-electron chi connectivity index (χ3n) is 3.11. The first-order chi connectivity index (χ1) is 7.95. The zero-order chi connectivity index (χ0) is 13.0. The Kier molecular flexibility index (Phi) is 4.82. The van der Waals surface area contributed by atoms with E-state index in [-0.39, 0.29) is 11.9 Å². The molecule has 0 aliphatic heterocycles. The number of carbonyl (C=O) groups is 1. The van der Waals surface area contributed by atoms with Crippen molar-refractivity contribution in [3.8, 4) is 0 Å². The Morgan fingerprint density at radius 3 is 2.65 bits per heavy atom. The SMILES string of the molecule is CCC(C)C(C)NC(=O)c1ccc(Cl)cc1N. The smallest absolute Gasteiger partial charge is 0.253 e. The summed E-state index contributed by atoms with van der Waals surface area (Å²) in [4.78, 5) is 12.0. The second-order valence-electron chi connectivity index (χ2n) is 4.38. The van der Waals surface area contributed by atoms with E-state index in [0.29, 0.717) is 22.2 Å². The van der Waals surface area contributed by atoms with Crippen molar-refractivity contribution in [3.05, 3.63) is 28.8 Å². The Balaban J connectivity index is 2.76. The van der Waals surface area contributed by atoms with Crippen molar-refractivity contribution in [2.24, 2.45) is 5.92 Å². The summed E-state index contributed by atoms with van der Waals surface area (Å²) >= 11 is 5.79. The summed E-state index contributed by atoms with van der Waals surface area (Å²) in [7, 11) is 0. The molecule has 1 aromatic carbocycles. The van der Waals surface area contributed by atoms with Crippen LogP contribution in [0.4, 0.5) is 5.69 Å². The first kappa shape index (κ1) is 13.8. The van der Waals surface area contributed by atoms with E-state index < -0.39 is 0 Å². The van der Waals surface area contributed by atoms with Crippen LogP contribution in [-0.4, -0.2) is 11.9 Å². The number of nitrogen functional groups attached to an aromatic ring is 1. The van der Waals surface area contributed by atoms with E-state index in [9.17, 15) is 4.79 Å². The molecule has 17 heavy (non-hydrogen) atoms. The summed E-state index contributed by atoms with van der Waals surface area (Å²) in [5.74, 6) is 0.291. The maximum absolute atomic E-state index is 12.0. The number of carbonyl (C=O) groups excluding carboxylic acids is 1. The molecule has 0 fully saturated rings. The highest BCUT2D eigenvalue weighted by molar-refractivity contribution is 6.31. The van der Waals surface area contributed by atoms with E-state index in [1.165, 1.54) is 0 Å². The predicted octanol–water partition coefficient (Wildman–Crippen LogP) is 3.09. The Bertz CT molecular complexity index is 406. The van der Waals surface area contributed by atoms with Crippen LogP contribution in [0.3, 0.4) is 0 Å². The van der Waals surface area contributed by atoms with Gasteiger partial charge < -0.3 is 11.1 Å². The van der Waals surface area contributed by atoms with Crippen LogP contribution in [0, 0.1) is 5.92 Å². The first-order valence-electron chi connectivity index (χ1n) is 5.81. The van der Waals surface area contributed by atoms with E-state index >= 15 is 0 Å². The average molecular weight is 255 g/mol. The van der Waals surface area contributed by atoms with Crippen molar-refractivity contribution in [2.75, 3.05) is 5.73 Å². The fraction of sp³-hybridized carbons (Fsp3) is 0.462. The number of rotatable bonds is 4. The molecule has 0 saturated carbocycles. The molecule has 1 aromatic rings. The molecule has 1 amide bonds. The summed E-state index contributed by atoms with van der Waals surface area (Å²) in [5, 5.41) is 3.48. The minimum absolute atomic E-state index is 0.127. The van der Waals surface area contributed by atoms with Gasteiger partial charge in [0.2, 0.25) is 0 Å². The summed E-state index contributed by atoms with van der Waals surface area (Å²) in [5.41, 5.74) is 6.65. The standard InChI is InChI=1S/C13H19ClN2O/c1-4-8(2)9(3)16-13(17)11-6-5-10(14)7-12(11)15/h5-9H,4,15H2,1-3H3,(H,16,17). The normalized spacial score (nSPS) is 14.1. The highest BCUT2D eigenvalue weighted by atomic mass is 35.5. The van der Waals surface area contributed by atoms with Gasteiger partial charge in [0.05, 0.1) is 5.56 Å². The van der Waals surface area contributed by atoms with E-state index in [1.807, 2.05) is 6.92 Å². The van der Waals surface area contributed by atoms with Crippen molar-refractivity contribution in [3.63, 3.8) is 0 Å². The van der Waals surface area contributed by atoms with Crippen LogP contribution in [0.25, 0.3) is 0 Å². The number of halogens is 1. The Hall–Kier alpha value is -1.22. The highest BCUT2D eigenvalue weighted by Gasteiger charge is 2.16. The van der Waals surface area contributed by atoms with E-state index in [1.54, 1.807) is 18.2 Å². The lowest BCUT2D eigenvalue weighted by Gasteiger charge is -2.20. The van der Waals surface area contributed by atoms with Gasteiger partial charge in [-0.15, -0.1) is 0 Å². The minimum Gasteiger partial charge on any atom is -0.398 e. The topological polar surface area (TPSA) is 55.1 Å². The van der Waals surface area contributed by atoms with Crippen molar-refractivity contribution >= 4 is 23.2 Å². The molecule has 2 atom stereocenters. The van der Waals surface area contributed by atoms with Gasteiger partial charge in [0.25, 0.3) is 5.91 Å². The quantitative estimate of drug-likeness (QED) is 0.812. The average Bonchev–Trinajstić information content (AvgIpc) is 2.27. The molecule has 3 nitrogen and oxygen atoms in total. The van der Waals surface area contributed by atoms with Crippen LogP contribution in [0.2, 0.25) is 5.02 Å². The first-order valence-corrected chi connectivity index (χ1v) is 6.19. The van der Waals surface area contributed by atoms with Crippen LogP contribution >= 0.6 is 11.6 Å². The molecule has 0 aliphatic rings. The molecule has 3 N–H and O–H groups in total. The van der Waals surface area contributed by atoms with Crippen LogP contribution in [0.1, 0.15) is 37.6 Å². The van der Waals surface area contributed by atoms with Crippen molar-refractivity contribution < 1.29 is 4.79 Å². The lowest BCUT2D eigenvalue weighted by atomic mass is 10.0. The van der Waals surface area contributed by atoms with Crippen LogP contribution in [0.15, 0.2) is 18.2 Å². The predicted molar refractivity (Wildman–Crippen MR) is 72.2 cm³/mol. The number of anilines is 1. The third-order valence-corrected chi connectivity index (χ3v) is 3.35. The van der Waals surface area contributed by atoms with Gasteiger partial charge >= 0.3 is 0 Å². The number of amides is 1. The number of hydrogen-bond acceptors (Lipinski definition) is 2. The summed E-state index contributed by atoms with van der Waals surface area (Å²) in [6.45, 7) is 6.21. The van der Waals surface area contributed by atoms with Crippen molar-refractivity contribution in [2.45, 2.75) is 33.2 Å². The zero-order valence-corrected chi connectivity index (χ0v) is 11.2. The molecule has 0 aromatic heterocycles. The number of hydrogen-bond donors (Lipinski definition) is 2. The van der Waals surface area contributed by atoms with Crippen molar-refractivity contribution in [1.82, 2.24) is 5.32 Å². The Morgan fingerprint density at radius 1 is 1.47 bits per heavy atom. The van der Waals surface area contributed by atoms with Gasteiger partial charge in [-0.1, -0.05) is 31.9 Å². The highest BCUT2D eigenvalue weighted by Crippen LogP contribution is 2.18. The minimum atomic E-state index is -0.146. The van der Waals surface area contributed by atoms with Gasteiger partial charge in [-0.2, -0.15) is 0 Å². The van der Waals surface area contributed by atoms with Crippen LogP contribution < -0.4 is 11.1 Å². The molecule has 0 aliphatic carbocycles. The van der Waals surface area contributed by atoms with Gasteiger partial charge in [-0.25, -0.2) is 0 Å².